The predicted octanol–water partition coefficient (Wildman–Crippen LogP) is 5.34. The number of carbonyl (C=O) groups excluding carboxylic acids is 2. The third-order valence-corrected chi connectivity index (χ3v) is 7.12. The van der Waals surface area contributed by atoms with Gasteiger partial charge in [-0.15, -0.1) is 0 Å². The van der Waals surface area contributed by atoms with Gasteiger partial charge in [0.05, 0.1) is 42.7 Å². The highest BCUT2D eigenvalue weighted by Gasteiger charge is 2.48. The number of methoxy groups -OCH3 is 2. The Morgan fingerprint density at radius 2 is 1.59 bits per heavy atom. The number of hydrogen-bond donors (Lipinski definition) is 1. The van der Waals surface area contributed by atoms with E-state index in [-0.39, 0.29) is 11.3 Å². The molecule has 1 amide bonds. The molecule has 0 bridgehead atoms. The summed E-state index contributed by atoms with van der Waals surface area (Å²) >= 11 is 1.27. The van der Waals surface area contributed by atoms with Crippen molar-refractivity contribution in [2.45, 2.75) is 13.0 Å². The topological polar surface area (TPSA) is 98.2 Å². The molecule has 5 rings (SSSR count). The van der Waals surface area contributed by atoms with Gasteiger partial charge < -0.3 is 19.3 Å². The maximum atomic E-state index is 13.4. The Hall–Kier alpha value is -4.37. The van der Waals surface area contributed by atoms with Gasteiger partial charge in [-0.2, -0.15) is 0 Å². The lowest BCUT2D eigenvalue weighted by atomic mass is 9.95. The minimum atomic E-state index is -0.889. The summed E-state index contributed by atoms with van der Waals surface area (Å²) in [4.78, 5) is 32.8. The van der Waals surface area contributed by atoms with Crippen molar-refractivity contribution >= 4 is 44.1 Å². The van der Waals surface area contributed by atoms with Crippen molar-refractivity contribution in [1.29, 1.82) is 0 Å². The van der Waals surface area contributed by atoms with E-state index in [1.807, 2.05) is 13.0 Å². The van der Waals surface area contributed by atoms with Crippen LogP contribution in [0.25, 0.3) is 16.0 Å². The molecule has 0 saturated carbocycles. The van der Waals surface area contributed by atoms with Crippen LogP contribution in [0, 0.1) is 0 Å². The molecule has 1 saturated heterocycles. The summed E-state index contributed by atoms with van der Waals surface area (Å²) in [5, 5.41) is 11.6. The van der Waals surface area contributed by atoms with E-state index in [4.69, 9.17) is 14.2 Å². The zero-order chi connectivity index (χ0) is 26.1. The van der Waals surface area contributed by atoms with Crippen LogP contribution in [0.5, 0.6) is 17.2 Å². The van der Waals surface area contributed by atoms with Gasteiger partial charge in [0, 0.05) is 5.56 Å². The molecular weight excluding hydrogens is 492 g/mol. The largest absolute Gasteiger partial charge is 0.507 e. The highest BCUT2D eigenvalue weighted by atomic mass is 32.1. The van der Waals surface area contributed by atoms with E-state index < -0.39 is 17.7 Å². The molecule has 3 aromatic carbocycles. The Kier molecular flexibility index (Phi) is 6.54. The number of amides is 1. The standard InChI is InChI=1S/C28H24N2O6S/c1-4-36-19-11-5-16(6-12-19)24-23(25(31)17-7-9-18(34-2)10-8-17)26(32)27(33)30(24)28-29-21-14-13-20(35-3)15-22(21)37-28/h5-15,24,31H,4H2,1-3H3. The van der Waals surface area contributed by atoms with Crippen molar-refractivity contribution in [2.75, 3.05) is 25.7 Å². The average molecular weight is 517 g/mol. The molecule has 1 aromatic heterocycles. The van der Waals surface area contributed by atoms with Gasteiger partial charge in [-0.05, 0) is 67.1 Å². The zero-order valence-corrected chi connectivity index (χ0v) is 21.2. The van der Waals surface area contributed by atoms with E-state index in [0.717, 1.165) is 4.70 Å². The Balaban J connectivity index is 1.67. The van der Waals surface area contributed by atoms with Crippen LogP contribution in [-0.2, 0) is 9.59 Å². The fraction of sp³-hybridized carbons (Fsp3) is 0.179. The number of hydrogen-bond acceptors (Lipinski definition) is 8. The first-order valence-corrected chi connectivity index (χ1v) is 12.4. The van der Waals surface area contributed by atoms with Crippen molar-refractivity contribution < 1.29 is 28.9 Å². The van der Waals surface area contributed by atoms with Gasteiger partial charge >= 0.3 is 5.91 Å². The Bertz CT molecular complexity index is 1510. The number of nitrogens with zero attached hydrogens (tertiary/aromatic N) is 2. The minimum Gasteiger partial charge on any atom is -0.507 e. The van der Waals surface area contributed by atoms with Gasteiger partial charge in [0.2, 0.25) is 0 Å². The second-order valence-corrected chi connectivity index (χ2v) is 9.24. The third kappa shape index (κ3) is 4.38. The minimum absolute atomic E-state index is 0.0174. The highest BCUT2D eigenvalue weighted by molar-refractivity contribution is 7.22. The van der Waals surface area contributed by atoms with Crippen LogP contribution < -0.4 is 19.1 Å². The Labute approximate surface area is 217 Å². The lowest BCUT2D eigenvalue weighted by Gasteiger charge is -2.23. The number of aliphatic hydroxyl groups is 1. The first-order chi connectivity index (χ1) is 17.9. The number of anilines is 1. The van der Waals surface area contributed by atoms with Gasteiger partial charge in [-0.25, -0.2) is 4.98 Å². The predicted molar refractivity (Wildman–Crippen MR) is 142 cm³/mol. The summed E-state index contributed by atoms with van der Waals surface area (Å²) in [7, 11) is 3.12. The Morgan fingerprint density at radius 3 is 2.24 bits per heavy atom. The molecule has 188 valence electrons. The number of thiazole rings is 1. The number of benzene rings is 3. The summed E-state index contributed by atoms with van der Waals surface area (Å²) in [6.45, 7) is 2.39. The maximum absolute atomic E-state index is 13.4. The summed E-state index contributed by atoms with van der Waals surface area (Å²) in [5.74, 6) is 0.0944. The van der Waals surface area contributed by atoms with Crippen molar-refractivity contribution in [3.63, 3.8) is 0 Å². The van der Waals surface area contributed by atoms with E-state index in [9.17, 15) is 14.7 Å². The molecule has 1 fully saturated rings. The molecule has 37 heavy (non-hydrogen) atoms. The van der Waals surface area contributed by atoms with Crippen LogP contribution in [-0.4, -0.2) is 42.6 Å². The normalized spacial score (nSPS) is 16.8. The van der Waals surface area contributed by atoms with Gasteiger partial charge in [-0.1, -0.05) is 23.5 Å². The number of ether oxygens (including phenoxy) is 3. The van der Waals surface area contributed by atoms with Crippen molar-refractivity contribution in [3.8, 4) is 17.2 Å². The smallest absolute Gasteiger partial charge is 0.301 e. The number of carbonyl (C=O) groups is 2. The zero-order valence-electron chi connectivity index (χ0n) is 20.4. The molecule has 1 atom stereocenters. The number of ketones is 1. The van der Waals surface area contributed by atoms with Crippen LogP contribution in [0.1, 0.15) is 24.1 Å². The summed E-state index contributed by atoms with van der Waals surface area (Å²) in [6.07, 6.45) is 0. The molecular formula is C28H24N2O6S. The van der Waals surface area contributed by atoms with Gasteiger partial charge in [0.15, 0.2) is 5.13 Å². The summed E-state index contributed by atoms with van der Waals surface area (Å²) in [5.41, 5.74) is 1.68. The third-order valence-electron chi connectivity index (χ3n) is 6.11. The molecule has 8 nitrogen and oxygen atoms in total. The molecule has 1 unspecified atom stereocenters. The lowest BCUT2D eigenvalue weighted by molar-refractivity contribution is -0.132. The number of rotatable bonds is 7. The van der Waals surface area contributed by atoms with Gasteiger partial charge in [0.25, 0.3) is 5.78 Å². The second kappa shape index (κ2) is 9.94. The monoisotopic (exact) mass is 516 g/mol. The van der Waals surface area contributed by atoms with Crippen LogP contribution in [0.2, 0.25) is 0 Å². The SMILES string of the molecule is CCOc1ccc(C2C(=C(O)c3ccc(OC)cc3)C(=O)C(=O)N2c2nc3ccc(OC)cc3s2)cc1. The van der Waals surface area contributed by atoms with Crippen molar-refractivity contribution in [2.24, 2.45) is 0 Å². The van der Waals surface area contributed by atoms with E-state index in [1.54, 1.807) is 74.9 Å². The number of aliphatic hydroxyl groups excluding tert-OH is 1. The average Bonchev–Trinajstić information content (AvgIpc) is 3.46. The quantitative estimate of drug-likeness (QED) is 0.201. The Morgan fingerprint density at radius 1 is 0.946 bits per heavy atom. The maximum Gasteiger partial charge on any atom is 0.301 e. The molecule has 0 radical (unpaired) electrons. The fourth-order valence-corrected chi connectivity index (χ4v) is 5.31. The first-order valence-electron chi connectivity index (χ1n) is 11.6. The van der Waals surface area contributed by atoms with Crippen LogP contribution in [0.3, 0.4) is 0 Å². The molecule has 1 aliphatic rings. The number of Topliss-reactive ketones (excluding diaryl/α,β-unsaturated/α-hetero) is 1. The molecule has 0 aliphatic carbocycles. The second-order valence-electron chi connectivity index (χ2n) is 8.23. The fourth-order valence-electron chi connectivity index (χ4n) is 4.29. The van der Waals surface area contributed by atoms with E-state index in [2.05, 4.69) is 4.98 Å². The summed E-state index contributed by atoms with van der Waals surface area (Å²) < 4.78 is 16.9. The molecule has 1 aliphatic heterocycles. The van der Waals surface area contributed by atoms with E-state index in [1.165, 1.54) is 16.2 Å². The van der Waals surface area contributed by atoms with Crippen LogP contribution in [0.4, 0.5) is 5.13 Å². The molecule has 2 heterocycles. The van der Waals surface area contributed by atoms with Crippen LogP contribution >= 0.6 is 11.3 Å². The van der Waals surface area contributed by atoms with Crippen molar-refractivity contribution in [3.05, 3.63) is 83.4 Å². The first kappa shape index (κ1) is 24.3. The van der Waals surface area contributed by atoms with E-state index in [0.29, 0.717) is 45.6 Å². The molecule has 9 heteroatoms. The molecule has 4 aromatic rings. The number of aromatic nitrogens is 1. The van der Waals surface area contributed by atoms with E-state index >= 15 is 0 Å². The van der Waals surface area contributed by atoms with Gasteiger partial charge in [-0.3, -0.25) is 14.5 Å². The van der Waals surface area contributed by atoms with Crippen molar-refractivity contribution in [1.82, 2.24) is 4.98 Å². The van der Waals surface area contributed by atoms with Gasteiger partial charge in [0.1, 0.15) is 23.0 Å². The molecule has 0 spiro atoms. The lowest BCUT2D eigenvalue weighted by Crippen LogP contribution is -2.29. The summed E-state index contributed by atoms with van der Waals surface area (Å²) in [6, 6.07) is 18.3. The number of fused-ring (bicyclic) bond motifs is 1. The van der Waals surface area contributed by atoms with Crippen LogP contribution in [0.15, 0.2) is 72.3 Å². The molecule has 1 N–H and O–H groups in total. The highest BCUT2D eigenvalue weighted by Crippen LogP contribution is 2.45.